The maximum Gasteiger partial charge on any atom is 0.240 e. The van der Waals surface area contributed by atoms with Gasteiger partial charge in [0.15, 0.2) is 0 Å². The summed E-state index contributed by atoms with van der Waals surface area (Å²) < 4.78 is 27.7. The van der Waals surface area contributed by atoms with Gasteiger partial charge < -0.3 is 0 Å². The first kappa shape index (κ1) is 12.4. The molecule has 0 heterocycles. The second-order valence-corrected chi connectivity index (χ2v) is 7.99. The van der Waals surface area contributed by atoms with Gasteiger partial charge in [0.2, 0.25) is 10.0 Å². The molecule has 0 saturated heterocycles. The molecular formula is C15H16N2O2S. The number of sulfonamides is 1. The minimum atomic E-state index is -3.49. The van der Waals surface area contributed by atoms with E-state index in [1.165, 1.54) is 25.3 Å². The molecule has 4 unspecified atom stereocenters. The summed E-state index contributed by atoms with van der Waals surface area (Å²) >= 11 is 0. The molecule has 20 heavy (non-hydrogen) atoms. The lowest BCUT2D eigenvalue weighted by Gasteiger charge is -2.11. The summed E-state index contributed by atoms with van der Waals surface area (Å²) in [6.07, 6.45) is 3.85. The van der Waals surface area contributed by atoms with E-state index in [2.05, 4.69) is 4.72 Å². The maximum atomic E-state index is 12.4. The standard InChI is InChI=1S/C15H16N2O2S/c16-8-9-2-1-3-12(6-9)20(18,19)17-15-13-10-4-5-11(7-10)14(13)15/h1-3,6,10-11,13-15,17H,4-5,7H2. The van der Waals surface area contributed by atoms with Crippen molar-refractivity contribution in [3.05, 3.63) is 29.8 Å². The third kappa shape index (κ3) is 1.72. The van der Waals surface area contributed by atoms with Crippen LogP contribution in [0, 0.1) is 35.0 Å². The summed E-state index contributed by atoms with van der Waals surface area (Å²) in [4.78, 5) is 0.203. The van der Waals surface area contributed by atoms with Crippen molar-refractivity contribution in [1.82, 2.24) is 4.72 Å². The quantitative estimate of drug-likeness (QED) is 0.923. The second-order valence-electron chi connectivity index (χ2n) is 6.27. The van der Waals surface area contributed by atoms with E-state index in [-0.39, 0.29) is 10.9 Å². The molecule has 0 spiro atoms. The number of hydrogen-bond acceptors (Lipinski definition) is 3. The van der Waals surface area contributed by atoms with Crippen LogP contribution in [-0.2, 0) is 10.0 Å². The predicted octanol–water partition coefficient (Wildman–Crippen LogP) is 1.88. The van der Waals surface area contributed by atoms with Gasteiger partial charge in [-0.25, -0.2) is 13.1 Å². The maximum absolute atomic E-state index is 12.4. The first-order valence-electron chi connectivity index (χ1n) is 7.12. The number of nitrogens with zero attached hydrogens (tertiary/aromatic N) is 1. The molecule has 3 fully saturated rings. The van der Waals surface area contributed by atoms with Gasteiger partial charge >= 0.3 is 0 Å². The summed E-state index contributed by atoms with van der Waals surface area (Å²) in [6.45, 7) is 0. The van der Waals surface area contributed by atoms with Gasteiger partial charge in [0.1, 0.15) is 0 Å². The van der Waals surface area contributed by atoms with Crippen LogP contribution in [0.25, 0.3) is 0 Å². The minimum Gasteiger partial charge on any atom is -0.207 e. The van der Waals surface area contributed by atoms with Crippen molar-refractivity contribution in [2.75, 3.05) is 0 Å². The molecule has 3 aliphatic carbocycles. The molecule has 1 N–H and O–H groups in total. The molecule has 104 valence electrons. The van der Waals surface area contributed by atoms with Gasteiger partial charge in [-0.1, -0.05) is 6.07 Å². The van der Waals surface area contributed by atoms with E-state index >= 15 is 0 Å². The number of rotatable bonds is 3. The predicted molar refractivity (Wildman–Crippen MR) is 73.1 cm³/mol. The summed E-state index contributed by atoms with van der Waals surface area (Å²) in [6, 6.07) is 8.34. The molecule has 0 aliphatic heterocycles. The minimum absolute atomic E-state index is 0.136. The zero-order valence-electron chi connectivity index (χ0n) is 11.0. The second kappa shape index (κ2) is 4.06. The van der Waals surface area contributed by atoms with Crippen LogP contribution in [0.3, 0.4) is 0 Å². The molecule has 0 radical (unpaired) electrons. The van der Waals surface area contributed by atoms with Gasteiger partial charge in [-0.3, -0.25) is 0 Å². The van der Waals surface area contributed by atoms with Gasteiger partial charge in [-0.15, -0.1) is 0 Å². The average molecular weight is 288 g/mol. The van der Waals surface area contributed by atoms with Crippen molar-refractivity contribution in [3.8, 4) is 6.07 Å². The van der Waals surface area contributed by atoms with E-state index in [0.29, 0.717) is 17.4 Å². The molecule has 0 aromatic heterocycles. The third-order valence-electron chi connectivity index (χ3n) is 5.30. The monoisotopic (exact) mass is 288 g/mol. The normalized spacial score (nSPS) is 37.5. The van der Waals surface area contributed by atoms with Crippen molar-refractivity contribution < 1.29 is 8.42 Å². The Bertz CT molecular complexity index is 691. The van der Waals surface area contributed by atoms with Crippen molar-refractivity contribution in [2.24, 2.45) is 23.7 Å². The van der Waals surface area contributed by atoms with Crippen molar-refractivity contribution >= 4 is 10.0 Å². The van der Waals surface area contributed by atoms with Crippen LogP contribution in [0.5, 0.6) is 0 Å². The van der Waals surface area contributed by atoms with E-state index in [9.17, 15) is 8.42 Å². The van der Waals surface area contributed by atoms with Crippen LogP contribution >= 0.6 is 0 Å². The molecule has 0 amide bonds. The summed E-state index contributed by atoms with van der Waals surface area (Å²) in [5.74, 6) is 2.62. The molecule has 3 aliphatic rings. The van der Waals surface area contributed by atoms with E-state index in [0.717, 1.165) is 11.8 Å². The summed E-state index contributed by atoms with van der Waals surface area (Å²) in [5.41, 5.74) is 0.379. The van der Waals surface area contributed by atoms with E-state index < -0.39 is 10.0 Å². The Morgan fingerprint density at radius 3 is 2.55 bits per heavy atom. The highest BCUT2D eigenvalue weighted by Crippen LogP contribution is 2.65. The van der Waals surface area contributed by atoms with Crippen molar-refractivity contribution in [1.29, 1.82) is 5.26 Å². The Hall–Kier alpha value is -1.38. The number of fused-ring (bicyclic) bond motifs is 5. The zero-order chi connectivity index (χ0) is 13.9. The summed E-state index contributed by atoms with van der Waals surface area (Å²) in [5, 5.41) is 8.87. The van der Waals surface area contributed by atoms with Crippen LogP contribution in [0.15, 0.2) is 29.2 Å². The van der Waals surface area contributed by atoms with E-state index in [4.69, 9.17) is 5.26 Å². The zero-order valence-corrected chi connectivity index (χ0v) is 11.8. The fourth-order valence-corrected chi connectivity index (χ4v) is 5.81. The lowest BCUT2D eigenvalue weighted by Crippen LogP contribution is -2.30. The largest absolute Gasteiger partial charge is 0.240 e. The van der Waals surface area contributed by atoms with Gasteiger partial charge in [0.05, 0.1) is 16.5 Å². The van der Waals surface area contributed by atoms with E-state index in [1.807, 2.05) is 6.07 Å². The third-order valence-corrected chi connectivity index (χ3v) is 6.76. The fraction of sp³-hybridized carbons (Fsp3) is 0.533. The lowest BCUT2D eigenvalue weighted by molar-refractivity contribution is 0.456. The van der Waals surface area contributed by atoms with Crippen LogP contribution < -0.4 is 4.72 Å². The molecule has 3 saturated carbocycles. The molecule has 1 aromatic carbocycles. The SMILES string of the molecule is N#Cc1cccc(S(=O)(=O)NC2C3C4CCC(C4)C23)c1. The molecule has 4 rings (SSSR count). The first-order valence-corrected chi connectivity index (χ1v) is 8.61. The van der Waals surface area contributed by atoms with E-state index in [1.54, 1.807) is 18.2 Å². The van der Waals surface area contributed by atoms with Crippen LogP contribution in [0.1, 0.15) is 24.8 Å². The Morgan fingerprint density at radius 2 is 1.90 bits per heavy atom. The molecule has 1 aromatic rings. The topological polar surface area (TPSA) is 70.0 Å². The molecule has 4 atom stereocenters. The molecular weight excluding hydrogens is 272 g/mol. The molecule has 2 bridgehead atoms. The van der Waals surface area contributed by atoms with Gasteiger partial charge in [-0.2, -0.15) is 5.26 Å². The van der Waals surface area contributed by atoms with Gasteiger partial charge in [-0.05, 0) is 61.1 Å². The molecule has 4 nitrogen and oxygen atoms in total. The Morgan fingerprint density at radius 1 is 1.20 bits per heavy atom. The van der Waals surface area contributed by atoms with Crippen LogP contribution in [0.2, 0.25) is 0 Å². The fourth-order valence-electron chi connectivity index (χ4n) is 4.46. The average Bonchev–Trinajstić information content (AvgIpc) is 2.86. The van der Waals surface area contributed by atoms with Crippen LogP contribution in [-0.4, -0.2) is 14.5 Å². The number of nitrogens with one attached hydrogen (secondary N) is 1. The Kier molecular flexibility index (Phi) is 2.51. The Balaban J connectivity index is 1.55. The number of benzene rings is 1. The van der Waals surface area contributed by atoms with Gasteiger partial charge in [0, 0.05) is 6.04 Å². The smallest absolute Gasteiger partial charge is 0.207 e. The van der Waals surface area contributed by atoms with Crippen molar-refractivity contribution in [2.45, 2.75) is 30.2 Å². The number of nitriles is 1. The summed E-state index contributed by atoms with van der Waals surface area (Å²) in [7, 11) is -3.49. The van der Waals surface area contributed by atoms with Crippen molar-refractivity contribution in [3.63, 3.8) is 0 Å². The van der Waals surface area contributed by atoms with Gasteiger partial charge in [0.25, 0.3) is 0 Å². The first-order chi connectivity index (χ1) is 9.60. The highest BCUT2D eigenvalue weighted by molar-refractivity contribution is 7.89. The highest BCUT2D eigenvalue weighted by atomic mass is 32.2. The Labute approximate surface area is 118 Å². The number of hydrogen-bond donors (Lipinski definition) is 1. The molecule has 5 heteroatoms. The lowest BCUT2D eigenvalue weighted by atomic mass is 10.0. The highest BCUT2D eigenvalue weighted by Gasteiger charge is 2.65. The van der Waals surface area contributed by atoms with Crippen LogP contribution in [0.4, 0.5) is 0 Å².